The number of nitrogens with one attached hydrogen (secondary N) is 2. The summed E-state index contributed by atoms with van der Waals surface area (Å²) < 4.78 is 0. The quantitative estimate of drug-likeness (QED) is 0.207. The number of aliphatic hydroxyl groups excluding tert-OH is 1. The molecule has 6 nitrogen and oxygen atoms in total. The molecule has 1 atom stereocenters. The summed E-state index contributed by atoms with van der Waals surface area (Å²) in [5.41, 5.74) is 8.32. The number of pyridine rings is 1. The van der Waals surface area contributed by atoms with Crippen molar-refractivity contribution in [3.63, 3.8) is 0 Å². The van der Waals surface area contributed by atoms with Gasteiger partial charge in [-0.25, -0.2) is 0 Å². The maximum Gasteiger partial charge on any atom is 0.245 e. The van der Waals surface area contributed by atoms with Crippen LogP contribution >= 0.6 is 7.92 Å². The molecule has 3 aromatic rings. The van der Waals surface area contributed by atoms with E-state index in [1.165, 1.54) is 43.4 Å². The highest BCUT2D eigenvalue weighted by Crippen LogP contribution is 2.34. The highest BCUT2D eigenvalue weighted by atomic mass is 31.1. The highest BCUT2D eigenvalue weighted by Gasteiger charge is 2.18. The number of aliphatic hydroxyl groups is 1. The number of rotatable bonds is 10. The average molecular weight is 613 g/mol. The molecule has 5 rings (SSSR count). The van der Waals surface area contributed by atoms with Crippen LogP contribution in [0.15, 0.2) is 83.5 Å². The van der Waals surface area contributed by atoms with Crippen LogP contribution < -0.4 is 15.9 Å². The summed E-state index contributed by atoms with van der Waals surface area (Å²) in [5, 5.41) is 17.5. The average Bonchev–Trinajstić information content (AvgIpc) is 3.05. The van der Waals surface area contributed by atoms with Crippen LogP contribution in [-0.4, -0.2) is 34.2 Å². The Morgan fingerprint density at radius 3 is 2.48 bits per heavy atom. The Balaban J connectivity index is 0.000000369. The Kier molecular flexibility index (Phi) is 12.8. The number of carbonyl (C=O) groups excluding carboxylic acids is 1. The zero-order chi connectivity index (χ0) is 31.4. The Morgan fingerprint density at radius 1 is 0.955 bits per heavy atom. The van der Waals surface area contributed by atoms with Gasteiger partial charge in [-0.1, -0.05) is 82.3 Å². The van der Waals surface area contributed by atoms with Gasteiger partial charge >= 0.3 is 0 Å². The van der Waals surface area contributed by atoms with E-state index in [4.69, 9.17) is 0 Å². The fourth-order valence-corrected chi connectivity index (χ4v) is 7.24. The van der Waals surface area contributed by atoms with Crippen molar-refractivity contribution >= 4 is 24.6 Å². The van der Waals surface area contributed by atoms with Crippen molar-refractivity contribution in [2.75, 3.05) is 12.7 Å². The first kappa shape index (κ1) is 33.7. The number of carbonyl (C=O) groups is 1. The lowest BCUT2D eigenvalue weighted by atomic mass is 9.87. The van der Waals surface area contributed by atoms with Gasteiger partial charge in [0.2, 0.25) is 5.65 Å². The molecular formula is C37H49N4O2P. The molecule has 2 aromatic carbocycles. The Morgan fingerprint density at radius 2 is 1.75 bits per heavy atom. The second-order valence-corrected chi connectivity index (χ2v) is 14.9. The molecule has 1 amide bonds. The Labute approximate surface area is 265 Å². The maximum absolute atomic E-state index is 12.8. The van der Waals surface area contributed by atoms with Crippen LogP contribution in [0.5, 0.6) is 0 Å². The molecule has 1 aromatic heterocycles. The van der Waals surface area contributed by atoms with Gasteiger partial charge in [-0.3, -0.25) is 14.8 Å². The van der Waals surface area contributed by atoms with E-state index in [9.17, 15) is 9.90 Å². The third kappa shape index (κ3) is 9.92. The monoisotopic (exact) mass is 612 g/mol. The summed E-state index contributed by atoms with van der Waals surface area (Å²) in [5.74, 6) is 0. The summed E-state index contributed by atoms with van der Waals surface area (Å²) in [6.45, 7) is 11.4. The number of dihydropyridines is 1. The smallest absolute Gasteiger partial charge is 0.245 e. The molecule has 7 heteroatoms. The molecule has 0 bridgehead atoms. The van der Waals surface area contributed by atoms with Crippen molar-refractivity contribution < 1.29 is 9.90 Å². The van der Waals surface area contributed by atoms with Gasteiger partial charge in [-0.15, -0.1) is 0 Å². The Hall–Kier alpha value is -3.18. The van der Waals surface area contributed by atoms with Gasteiger partial charge in [0.1, 0.15) is 0 Å². The van der Waals surface area contributed by atoms with Crippen LogP contribution in [0.4, 0.5) is 4.79 Å². The number of aromatic nitrogens is 1. The van der Waals surface area contributed by atoms with Gasteiger partial charge < -0.3 is 15.7 Å². The molecule has 1 fully saturated rings. The van der Waals surface area contributed by atoms with Crippen LogP contribution in [0.3, 0.4) is 0 Å². The van der Waals surface area contributed by atoms with Crippen molar-refractivity contribution in [3.8, 4) is 0 Å². The minimum absolute atomic E-state index is 0.0394. The predicted octanol–water partition coefficient (Wildman–Crippen LogP) is 7.53. The number of allylic oxidation sites excluding steroid dienone is 1. The van der Waals surface area contributed by atoms with E-state index in [2.05, 4.69) is 66.5 Å². The summed E-state index contributed by atoms with van der Waals surface area (Å²) in [7, 11) is -0.884. The molecule has 0 spiro atoms. The number of aliphatic imine (C=N–C) groups is 1. The Bertz CT molecular complexity index is 1410. The predicted molar refractivity (Wildman–Crippen MR) is 185 cm³/mol. The molecule has 1 saturated carbocycles. The van der Waals surface area contributed by atoms with Crippen LogP contribution in [0.1, 0.15) is 87.7 Å². The lowest BCUT2D eigenvalue weighted by molar-refractivity contribution is 0.259. The van der Waals surface area contributed by atoms with Gasteiger partial charge in [0.15, 0.2) is 0 Å². The van der Waals surface area contributed by atoms with E-state index in [0.717, 1.165) is 40.4 Å². The molecular weight excluding hydrogens is 563 g/mol. The number of amides is 1. The molecule has 3 N–H and O–H groups in total. The van der Waals surface area contributed by atoms with Crippen molar-refractivity contribution in [2.45, 2.75) is 91.5 Å². The minimum atomic E-state index is -0.884. The van der Waals surface area contributed by atoms with E-state index < -0.39 is 7.92 Å². The molecule has 1 unspecified atom stereocenters. The van der Waals surface area contributed by atoms with Crippen molar-refractivity contribution in [3.05, 3.63) is 106 Å². The van der Waals surface area contributed by atoms with Gasteiger partial charge in [-0.05, 0) is 88.9 Å². The standard InChI is InChI=1S/C28H36N3O2P.C9H13N/c1-5-34(26-9-7-6-8-10-26)27(33)31-17-21-11-12-22(23(15-21)20-32)18-29-19-25-16-24(13-14-30-25)28(2,3)4;1-2-6-9-8(4-1)5-3-7-10-9/h6-16,29,32H,5,17-20H2,1-4H3,(H,31,33);5H,1-4,6-7H2. The molecule has 1 aliphatic carbocycles. The molecule has 1 aliphatic heterocycles. The molecule has 2 aliphatic rings. The second-order valence-electron chi connectivity index (χ2n) is 12.4. The van der Waals surface area contributed by atoms with Crippen LogP contribution in [0.25, 0.3) is 0 Å². The van der Waals surface area contributed by atoms with Crippen molar-refractivity contribution in [1.29, 1.82) is 0 Å². The molecule has 44 heavy (non-hydrogen) atoms. The molecule has 0 radical (unpaired) electrons. The second kappa shape index (κ2) is 16.8. The summed E-state index contributed by atoms with van der Waals surface area (Å²) in [4.78, 5) is 21.8. The number of nitrogens with zero attached hydrogens (tertiary/aromatic N) is 2. The number of benzene rings is 2. The van der Waals surface area contributed by atoms with Gasteiger partial charge in [0, 0.05) is 46.0 Å². The van der Waals surface area contributed by atoms with E-state index in [1.807, 2.05) is 54.7 Å². The minimum Gasteiger partial charge on any atom is -0.392 e. The van der Waals surface area contributed by atoms with E-state index in [-0.39, 0.29) is 17.7 Å². The number of fused-ring (bicyclic) bond motifs is 1. The number of hydrogen-bond acceptors (Lipinski definition) is 5. The third-order valence-corrected chi connectivity index (χ3v) is 10.3. The largest absolute Gasteiger partial charge is 0.392 e. The maximum atomic E-state index is 12.8. The fraction of sp³-hybridized carbons (Fsp3) is 0.432. The zero-order valence-electron chi connectivity index (χ0n) is 26.9. The SMILES string of the molecule is C1=C2CCCCC2=NCC1.CCP(C(=O)NCc1ccc(CNCc2cc(C(C)(C)C)ccn2)c(CO)c1)c1ccccc1. The summed E-state index contributed by atoms with van der Waals surface area (Å²) >= 11 is 0. The number of hydrogen-bond donors (Lipinski definition) is 3. The summed E-state index contributed by atoms with van der Waals surface area (Å²) in [6.07, 6.45) is 11.5. The zero-order valence-corrected chi connectivity index (χ0v) is 27.8. The third-order valence-electron chi connectivity index (χ3n) is 8.12. The van der Waals surface area contributed by atoms with Gasteiger partial charge in [-0.2, -0.15) is 0 Å². The van der Waals surface area contributed by atoms with E-state index in [1.54, 1.807) is 5.57 Å². The summed E-state index contributed by atoms with van der Waals surface area (Å²) in [6, 6.07) is 20.2. The van der Waals surface area contributed by atoms with Crippen LogP contribution in [-0.2, 0) is 31.7 Å². The van der Waals surface area contributed by atoms with Gasteiger partial charge in [0.25, 0.3) is 0 Å². The first-order valence-electron chi connectivity index (χ1n) is 16.0. The van der Waals surface area contributed by atoms with E-state index in [0.29, 0.717) is 19.6 Å². The molecule has 2 heterocycles. The fourth-order valence-electron chi connectivity index (χ4n) is 5.55. The van der Waals surface area contributed by atoms with Gasteiger partial charge in [0.05, 0.1) is 12.3 Å². The normalized spacial score (nSPS) is 15.2. The van der Waals surface area contributed by atoms with Crippen molar-refractivity contribution in [1.82, 2.24) is 15.6 Å². The topological polar surface area (TPSA) is 86.6 Å². The highest BCUT2D eigenvalue weighted by molar-refractivity contribution is 7.81. The van der Waals surface area contributed by atoms with Crippen LogP contribution in [0, 0.1) is 0 Å². The van der Waals surface area contributed by atoms with Crippen molar-refractivity contribution in [2.24, 2.45) is 4.99 Å². The first-order valence-corrected chi connectivity index (χ1v) is 17.5. The molecule has 234 valence electrons. The van der Waals surface area contributed by atoms with Crippen LogP contribution in [0.2, 0.25) is 0 Å². The van der Waals surface area contributed by atoms with E-state index >= 15 is 0 Å². The lowest BCUT2D eigenvalue weighted by Crippen LogP contribution is -2.24. The lowest BCUT2D eigenvalue weighted by Gasteiger charge is -2.19. The first-order chi connectivity index (χ1) is 21.3. The molecule has 0 saturated heterocycles.